The van der Waals surface area contributed by atoms with E-state index in [-0.39, 0.29) is 11.8 Å². The van der Waals surface area contributed by atoms with Gasteiger partial charge >= 0.3 is 6.18 Å². The van der Waals surface area contributed by atoms with Gasteiger partial charge in [-0.15, -0.1) is 0 Å². The monoisotopic (exact) mass is 305 g/mol. The van der Waals surface area contributed by atoms with E-state index in [9.17, 15) is 13.2 Å². The van der Waals surface area contributed by atoms with Crippen molar-refractivity contribution in [2.75, 3.05) is 7.05 Å². The zero-order valence-corrected chi connectivity index (χ0v) is 11.7. The lowest BCUT2D eigenvalue weighted by molar-refractivity contribution is -0.204. The van der Waals surface area contributed by atoms with Gasteiger partial charge in [-0.1, -0.05) is 5.16 Å². The molecule has 1 aromatic heterocycles. The summed E-state index contributed by atoms with van der Waals surface area (Å²) in [5, 5.41) is 12.8. The Balaban J connectivity index is 1.66. The first-order valence-corrected chi connectivity index (χ1v) is 7.13. The summed E-state index contributed by atoms with van der Waals surface area (Å²) in [6.07, 6.45) is -3.69. The maximum Gasteiger partial charge on any atom is 0.414 e. The molecule has 0 spiro atoms. The predicted octanol–water partition coefficient (Wildman–Crippen LogP) is 1.88. The summed E-state index contributed by atoms with van der Waals surface area (Å²) < 4.78 is 41.8. The Kier molecular flexibility index (Phi) is 3.69. The number of aliphatic hydroxyl groups excluding tert-OH is 1. The fraction of sp³-hybridized carbons (Fsp3) is 0.846. The highest BCUT2D eigenvalue weighted by molar-refractivity contribution is 5.05. The number of piperidine rings is 1. The van der Waals surface area contributed by atoms with Crippen LogP contribution >= 0.6 is 0 Å². The number of nitrogens with zero attached hydrogens (tertiary/aromatic N) is 3. The topological polar surface area (TPSA) is 62.4 Å². The molecule has 1 aromatic rings. The van der Waals surface area contributed by atoms with Crippen LogP contribution in [0.5, 0.6) is 0 Å². The Labute approximate surface area is 120 Å². The van der Waals surface area contributed by atoms with Gasteiger partial charge in [-0.3, -0.25) is 0 Å². The minimum absolute atomic E-state index is 0.138. The van der Waals surface area contributed by atoms with Gasteiger partial charge in [0.2, 0.25) is 5.89 Å². The molecule has 0 aliphatic carbocycles. The van der Waals surface area contributed by atoms with Crippen LogP contribution in [-0.4, -0.2) is 51.6 Å². The van der Waals surface area contributed by atoms with Crippen LogP contribution in [0.1, 0.15) is 43.3 Å². The summed E-state index contributed by atoms with van der Waals surface area (Å²) in [7, 11) is 2.11. The molecule has 0 saturated carbocycles. The van der Waals surface area contributed by atoms with Gasteiger partial charge in [0.1, 0.15) is 0 Å². The van der Waals surface area contributed by atoms with Gasteiger partial charge in [0.15, 0.2) is 11.9 Å². The van der Waals surface area contributed by atoms with Crippen molar-refractivity contribution in [3.05, 3.63) is 11.7 Å². The molecule has 1 N–H and O–H groups in total. The molecular weight excluding hydrogens is 287 g/mol. The van der Waals surface area contributed by atoms with E-state index in [1.165, 1.54) is 0 Å². The van der Waals surface area contributed by atoms with E-state index in [1.807, 2.05) is 0 Å². The minimum atomic E-state index is -4.67. The van der Waals surface area contributed by atoms with Crippen LogP contribution in [0.2, 0.25) is 0 Å². The van der Waals surface area contributed by atoms with E-state index in [2.05, 4.69) is 22.1 Å². The highest BCUT2D eigenvalue weighted by Gasteiger charge is 2.42. The fourth-order valence-corrected chi connectivity index (χ4v) is 3.42. The molecule has 0 aromatic carbocycles. The van der Waals surface area contributed by atoms with Crippen LogP contribution in [0.25, 0.3) is 0 Å². The van der Waals surface area contributed by atoms with Crippen molar-refractivity contribution in [2.24, 2.45) is 0 Å². The number of aromatic nitrogens is 2. The normalized spacial score (nSPS) is 31.6. The van der Waals surface area contributed by atoms with E-state index in [0.29, 0.717) is 17.9 Å². The molecule has 0 radical (unpaired) electrons. The quantitative estimate of drug-likeness (QED) is 0.924. The molecule has 2 fully saturated rings. The molecule has 21 heavy (non-hydrogen) atoms. The summed E-state index contributed by atoms with van der Waals surface area (Å²) in [5.74, 6) is 0.463. The lowest BCUT2D eigenvalue weighted by Gasteiger charge is -2.34. The van der Waals surface area contributed by atoms with Gasteiger partial charge < -0.3 is 14.5 Å². The SMILES string of the molecule is CN1C2CCC1CC(c1noc(CC(O)C(F)(F)F)n1)C2. The van der Waals surface area contributed by atoms with E-state index < -0.39 is 18.7 Å². The smallest absolute Gasteiger partial charge is 0.383 e. The number of hydrogen-bond acceptors (Lipinski definition) is 5. The third-order valence-electron chi connectivity index (χ3n) is 4.69. The third-order valence-corrected chi connectivity index (χ3v) is 4.69. The number of alkyl halides is 3. The summed E-state index contributed by atoms with van der Waals surface area (Å²) in [4.78, 5) is 6.42. The van der Waals surface area contributed by atoms with Gasteiger partial charge in [0.25, 0.3) is 0 Å². The number of hydrogen-bond donors (Lipinski definition) is 1. The third kappa shape index (κ3) is 2.91. The van der Waals surface area contributed by atoms with Crippen molar-refractivity contribution < 1.29 is 22.8 Å². The molecule has 2 aliphatic heterocycles. The van der Waals surface area contributed by atoms with E-state index in [4.69, 9.17) is 9.63 Å². The van der Waals surface area contributed by atoms with Gasteiger partial charge in [-0.25, -0.2) is 0 Å². The maximum atomic E-state index is 12.3. The number of fused-ring (bicyclic) bond motifs is 2. The van der Waals surface area contributed by atoms with Gasteiger partial charge in [0, 0.05) is 18.0 Å². The highest BCUT2D eigenvalue weighted by Crippen LogP contribution is 2.41. The molecule has 3 unspecified atom stereocenters. The van der Waals surface area contributed by atoms with Gasteiger partial charge in [-0.05, 0) is 32.7 Å². The second-order valence-electron chi connectivity index (χ2n) is 6.03. The molecule has 2 aliphatic rings. The Hall–Kier alpha value is -1.15. The van der Waals surface area contributed by atoms with E-state index in [1.54, 1.807) is 0 Å². The highest BCUT2D eigenvalue weighted by atomic mass is 19.4. The number of halogens is 3. The lowest BCUT2D eigenvalue weighted by Crippen LogP contribution is -2.39. The van der Waals surface area contributed by atoms with Crippen molar-refractivity contribution in [3.8, 4) is 0 Å². The maximum absolute atomic E-state index is 12.3. The molecule has 3 atom stereocenters. The van der Waals surface area contributed by atoms with Crippen LogP contribution in [0.3, 0.4) is 0 Å². The zero-order chi connectivity index (χ0) is 15.2. The lowest BCUT2D eigenvalue weighted by atomic mass is 9.90. The molecule has 2 saturated heterocycles. The van der Waals surface area contributed by atoms with E-state index >= 15 is 0 Å². The summed E-state index contributed by atoms with van der Waals surface area (Å²) >= 11 is 0. The minimum Gasteiger partial charge on any atom is -0.383 e. The molecule has 5 nitrogen and oxygen atoms in total. The Morgan fingerprint density at radius 1 is 1.33 bits per heavy atom. The van der Waals surface area contributed by atoms with Crippen LogP contribution in [0, 0.1) is 0 Å². The molecular formula is C13H18F3N3O2. The fourth-order valence-electron chi connectivity index (χ4n) is 3.42. The number of rotatable bonds is 3. The molecule has 0 amide bonds. The van der Waals surface area contributed by atoms with Crippen LogP contribution in [0.4, 0.5) is 13.2 Å². The standard InChI is InChI=1S/C13H18F3N3O2/c1-19-8-2-3-9(19)5-7(4-8)12-17-11(21-18-12)6-10(20)13(14,15)16/h7-10,20H,2-6H2,1H3. The van der Waals surface area contributed by atoms with E-state index in [0.717, 1.165) is 25.7 Å². The Bertz CT molecular complexity index is 491. The first-order valence-electron chi connectivity index (χ1n) is 7.13. The second kappa shape index (κ2) is 5.24. The van der Waals surface area contributed by atoms with Crippen molar-refractivity contribution in [1.82, 2.24) is 15.0 Å². The molecule has 118 valence electrons. The van der Waals surface area contributed by atoms with Crippen molar-refractivity contribution in [1.29, 1.82) is 0 Å². The average molecular weight is 305 g/mol. The average Bonchev–Trinajstić information content (AvgIpc) is 2.91. The Morgan fingerprint density at radius 2 is 1.95 bits per heavy atom. The van der Waals surface area contributed by atoms with Crippen LogP contribution < -0.4 is 0 Å². The van der Waals surface area contributed by atoms with Crippen molar-refractivity contribution in [2.45, 2.75) is 62.4 Å². The second-order valence-corrected chi connectivity index (χ2v) is 6.03. The van der Waals surface area contributed by atoms with Gasteiger partial charge in [-0.2, -0.15) is 18.2 Å². The van der Waals surface area contributed by atoms with Crippen molar-refractivity contribution >= 4 is 0 Å². The number of aliphatic hydroxyl groups is 1. The zero-order valence-electron chi connectivity index (χ0n) is 11.7. The first-order chi connectivity index (χ1) is 9.84. The summed E-state index contributed by atoms with van der Waals surface area (Å²) in [6.45, 7) is 0. The molecule has 3 rings (SSSR count). The van der Waals surface area contributed by atoms with Gasteiger partial charge in [0.05, 0.1) is 6.42 Å². The molecule has 2 bridgehead atoms. The van der Waals surface area contributed by atoms with Crippen molar-refractivity contribution in [3.63, 3.8) is 0 Å². The van der Waals surface area contributed by atoms with Crippen LogP contribution in [0.15, 0.2) is 4.52 Å². The molecule has 3 heterocycles. The van der Waals surface area contributed by atoms with Crippen LogP contribution in [-0.2, 0) is 6.42 Å². The largest absolute Gasteiger partial charge is 0.414 e. The first kappa shape index (κ1) is 14.8. The molecule has 8 heteroatoms. The Morgan fingerprint density at radius 3 is 2.52 bits per heavy atom. The summed E-state index contributed by atoms with van der Waals surface area (Å²) in [6, 6.07) is 0.993. The predicted molar refractivity (Wildman–Crippen MR) is 66.6 cm³/mol. The summed E-state index contributed by atoms with van der Waals surface area (Å²) in [5.41, 5.74) is 0.